The number of carbonyl (C=O) groups is 1. The van der Waals surface area contributed by atoms with Gasteiger partial charge in [-0.1, -0.05) is 60.7 Å². The first-order chi connectivity index (χ1) is 13.3. The summed E-state index contributed by atoms with van der Waals surface area (Å²) in [5, 5.41) is 14.0. The van der Waals surface area contributed by atoms with Gasteiger partial charge in [-0.2, -0.15) is 0 Å². The van der Waals surface area contributed by atoms with Crippen LogP contribution in [0.15, 0.2) is 85.2 Å². The van der Waals surface area contributed by atoms with Crippen LogP contribution in [-0.2, 0) is 11.2 Å². The summed E-state index contributed by atoms with van der Waals surface area (Å²) in [6, 6.07) is 25.6. The van der Waals surface area contributed by atoms with Gasteiger partial charge < -0.3 is 5.32 Å². The molecule has 3 aromatic carbocycles. The minimum Gasteiger partial charge on any atom is -0.326 e. The minimum absolute atomic E-state index is 0.0728. The van der Waals surface area contributed by atoms with Crippen molar-refractivity contribution in [2.75, 3.05) is 5.32 Å². The van der Waals surface area contributed by atoms with Crippen LogP contribution in [-0.4, -0.2) is 26.1 Å². The number of carbonyl (C=O) groups excluding carboxylic acids is 1. The SMILES string of the molecule is O=C(Cc1ccc(-c2ccccc2)cc1)Nc1cccc(-n2cnnn2)c1. The lowest BCUT2D eigenvalue weighted by molar-refractivity contribution is -0.115. The molecule has 1 amide bonds. The second-order valence-corrected chi connectivity index (χ2v) is 6.09. The third-order valence-corrected chi connectivity index (χ3v) is 4.17. The third kappa shape index (κ3) is 4.07. The summed E-state index contributed by atoms with van der Waals surface area (Å²) >= 11 is 0. The fraction of sp³-hybridized carbons (Fsp3) is 0.0476. The summed E-state index contributed by atoms with van der Waals surface area (Å²) in [6.45, 7) is 0. The fourth-order valence-electron chi connectivity index (χ4n) is 2.84. The molecule has 4 aromatic rings. The van der Waals surface area contributed by atoms with Crippen LogP contribution in [0.5, 0.6) is 0 Å². The third-order valence-electron chi connectivity index (χ3n) is 4.17. The van der Waals surface area contributed by atoms with Crippen molar-refractivity contribution in [2.45, 2.75) is 6.42 Å². The Balaban J connectivity index is 1.42. The standard InChI is InChI=1S/C21H17N5O/c27-21(23-19-7-4-8-20(14-19)26-15-22-24-25-26)13-16-9-11-18(12-10-16)17-5-2-1-3-6-17/h1-12,14-15H,13H2,(H,23,27). The van der Waals surface area contributed by atoms with Crippen molar-refractivity contribution in [3.8, 4) is 16.8 Å². The summed E-state index contributed by atoms with van der Waals surface area (Å²) < 4.78 is 1.54. The van der Waals surface area contributed by atoms with Gasteiger partial charge in [0, 0.05) is 5.69 Å². The number of nitrogens with zero attached hydrogens (tertiary/aromatic N) is 4. The number of amides is 1. The molecule has 0 bridgehead atoms. The van der Waals surface area contributed by atoms with E-state index in [1.54, 1.807) is 0 Å². The first-order valence-electron chi connectivity index (χ1n) is 8.55. The van der Waals surface area contributed by atoms with Crippen LogP contribution in [0.4, 0.5) is 5.69 Å². The number of aromatic nitrogens is 4. The highest BCUT2D eigenvalue weighted by Gasteiger charge is 2.06. The Morgan fingerprint density at radius 3 is 2.41 bits per heavy atom. The summed E-state index contributed by atoms with van der Waals surface area (Å²) in [7, 11) is 0. The summed E-state index contributed by atoms with van der Waals surface area (Å²) in [5.74, 6) is -0.0728. The topological polar surface area (TPSA) is 72.7 Å². The van der Waals surface area contributed by atoms with Gasteiger partial charge in [0.2, 0.25) is 5.91 Å². The molecule has 1 aromatic heterocycles. The van der Waals surface area contributed by atoms with Crippen LogP contribution in [0.25, 0.3) is 16.8 Å². The maximum absolute atomic E-state index is 12.4. The zero-order valence-electron chi connectivity index (χ0n) is 14.5. The molecule has 0 atom stereocenters. The van der Waals surface area contributed by atoms with E-state index in [0.29, 0.717) is 12.1 Å². The van der Waals surface area contributed by atoms with Crippen LogP contribution in [0.1, 0.15) is 5.56 Å². The van der Waals surface area contributed by atoms with E-state index >= 15 is 0 Å². The van der Waals surface area contributed by atoms with Crippen molar-refractivity contribution in [1.29, 1.82) is 0 Å². The molecule has 0 saturated carbocycles. The minimum atomic E-state index is -0.0728. The number of benzene rings is 3. The molecule has 27 heavy (non-hydrogen) atoms. The molecule has 0 radical (unpaired) electrons. The number of nitrogens with one attached hydrogen (secondary N) is 1. The smallest absolute Gasteiger partial charge is 0.228 e. The normalized spacial score (nSPS) is 10.5. The van der Waals surface area contributed by atoms with Gasteiger partial charge in [-0.05, 0) is 45.3 Å². The van der Waals surface area contributed by atoms with E-state index < -0.39 is 0 Å². The molecule has 0 unspecified atom stereocenters. The highest BCUT2D eigenvalue weighted by Crippen LogP contribution is 2.20. The van der Waals surface area contributed by atoms with E-state index in [2.05, 4.69) is 33.0 Å². The zero-order valence-corrected chi connectivity index (χ0v) is 14.5. The maximum Gasteiger partial charge on any atom is 0.228 e. The zero-order chi connectivity index (χ0) is 18.5. The molecule has 0 aliphatic carbocycles. The lowest BCUT2D eigenvalue weighted by Crippen LogP contribution is -2.14. The lowest BCUT2D eigenvalue weighted by Gasteiger charge is -2.08. The highest BCUT2D eigenvalue weighted by molar-refractivity contribution is 5.92. The Morgan fingerprint density at radius 1 is 0.889 bits per heavy atom. The number of tetrazole rings is 1. The molecular formula is C21H17N5O. The van der Waals surface area contributed by atoms with E-state index in [1.807, 2.05) is 66.7 Å². The molecule has 0 aliphatic rings. The number of rotatable bonds is 5. The Morgan fingerprint density at radius 2 is 1.67 bits per heavy atom. The van der Waals surface area contributed by atoms with Crippen molar-refractivity contribution in [2.24, 2.45) is 0 Å². The Hall–Kier alpha value is -3.80. The van der Waals surface area contributed by atoms with Crippen LogP contribution >= 0.6 is 0 Å². The van der Waals surface area contributed by atoms with Crippen molar-refractivity contribution in [3.63, 3.8) is 0 Å². The van der Waals surface area contributed by atoms with Crippen molar-refractivity contribution in [1.82, 2.24) is 20.2 Å². The van der Waals surface area contributed by atoms with Crippen LogP contribution in [0.3, 0.4) is 0 Å². The molecule has 1 N–H and O–H groups in total. The average molecular weight is 355 g/mol. The molecule has 0 fully saturated rings. The lowest BCUT2D eigenvalue weighted by atomic mass is 10.0. The second-order valence-electron chi connectivity index (χ2n) is 6.09. The molecule has 1 heterocycles. The molecule has 0 spiro atoms. The maximum atomic E-state index is 12.4. The second kappa shape index (κ2) is 7.61. The molecule has 4 rings (SSSR count). The predicted octanol–water partition coefficient (Wildman–Crippen LogP) is 3.51. The Labute approximate surface area is 156 Å². The van der Waals surface area contributed by atoms with Gasteiger partial charge in [0.1, 0.15) is 6.33 Å². The van der Waals surface area contributed by atoms with Gasteiger partial charge in [0.05, 0.1) is 12.1 Å². The quantitative estimate of drug-likeness (QED) is 0.595. The van der Waals surface area contributed by atoms with E-state index in [4.69, 9.17) is 0 Å². The fourth-order valence-corrected chi connectivity index (χ4v) is 2.84. The van der Waals surface area contributed by atoms with E-state index in [-0.39, 0.29) is 5.91 Å². The first kappa shape index (κ1) is 16.7. The summed E-state index contributed by atoms with van der Waals surface area (Å²) in [6.07, 6.45) is 1.82. The van der Waals surface area contributed by atoms with Gasteiger partial charge >= 0.3 is 0 Å². The largest absolute Gasteiger partial charge is 0.326 e. The molecule has 0 aliphatic heterocycles. The Kier molecular flexibility index (Phi) is 4.70. The van der Waals surface area contributed by atoms with Crippen molar-refractivity contribution in [3.05, 3.63) is 90.8 Å². The van der Waals surface area contributed by atoms with Crippen molar-refractivity contribution >= 4 is 11.6 Å². The van der Waals surface area contributed by atoms with Crippen LogP contribution in [0.2, 0.25) is 0 Å². The van der Waals surface area contributed by atoms with E-state index in [0.717, 1.165) is 22.4 Å². The molecule has 0 saturated heterocycles. The van der Waals surface area contributed by atoms with Crippen molar-refractivity contribution < 1.29 is 4.79 Å². The molecule has 6 heteroatoms. The van der Waals surface area contributed by atoms with Crippen LogP contribution < -0.4 is 5.32 Å². The van der Waals surface area contributed by atoms with E-state index in [9.17, 15) is 4.79 Å². The highest BCUT2D eigenvalue weighted by atomic mass is 16.1. The number of hydrogen-bond donors (Lipinski definition) is 1. The monoisotopic (exact) mass is 355 g/mol. The molecular weight excluding hydrogens is 338 g/mol. The summed E-state index contributed by atoms with van der Waals surface area (Å²) in [5.41, 5.74) is 4.74. The average Bonchev–Trinajstić information content (AvgIpc) is 3.24. The first-order valence-corrected chi connectivity index (χ1v) is 8.55. The number of anilines is 1. The van der Waals surface area contributed by atoms with Gasteiger partial charge in [0.15, 0.2) is 0 Å². The van der Waals surface area contributed by atoms with Gasteiger partial charge in [-0.3, -0.25) is 4.79 Å². The molecule has 6 nitrogen and oxygen atoms in total. The van der Waals surface area contributed by atoms with Crippen LogP contribution in [0, 0.1) is 0 Å². The summed E-state index contributed by atoms with van der Waals surface area (Å²) in [4.78, 5) is 12.4. The number of hydrogen-bond acceptors (Lipinski definition) is 4. The van der Waals surface area contributed by atoms with Gasteiger partial charge in [-0.25, -0.2) is 4.68 Å². The van der Waals surface area contributed by atoms with E-state index in [1.165, 1.54) is 11.0 Å². The van der Waals surface area contributed by atoms with Gasteiger partial charge in [0.25, 0.3) is 0 Å². The molecule has 132 valence electrons. The predicted molar refractivity (Wildman–Crippen MR) is 103 cm³/mol. The van der Waals surface area contributed by atoms with Gasteiger partial charge in [-0.15, -0.1) is 5.10 Å². The Bertz CT molecular complexity index is 1030.